The van der Waals surface area contributed by atoms with E-state index in [0.29, 0.717) is 11.3 Å². The molecule has 2 N–H and O–H groups in total. The number of nitrogens with one attached hydrogen (secondary N) is 2. The van der Waals surface area contributed by atoms with E-state index in [1.807, 2.05) is 108 Å². The average Bonchev–Trinajstić information content (AvgIpc) is 3.68. The zero-order valence-corrected chi connectivity index (χ0v) is 30.2. The SMILES string of the molecule is COc1ccc(C(Nc2nc3c(ncn3[C@@H]3O[C@](F)(CI)[C@@H](C)[C@@]3(C)OC(=O)c3ccccc3)c(=O)[nH]2)(c2ccccc2)c2ccccc2)cc1. The lowest BCUT2D eigenvalue weighted by Crippen LogP contribution is -2.45. The minimum absolute atomic E-state index is 0.00819. The van der Waals surface area contributed by atoms with Crippen LogP contribution in [0.3, 0.4) is 0 Å². The van der Waals surface area contributed by atoms with Gasteiger partial charge in [0.05, 0.1) is 29.3 Å². The largest absolute Gasteiger partial charge is 0.497 e. The molecule has 6 aromatic rings. The number of benzene rings is 4. The van der Waals surface area contributed by atoms with E-state index < -0.39 is 40.7 Å². The number of hydrogen-bond donors (Lipinski definition) is 2. The third kappa shape index (κ3) is 5.95. The highest BCUT2D eigenvalue weighted by Gasteiger charge is 2.63. The second kappa shape index (κ2) is 13.6. The first-order chi connectivity index (χ1) is 24.6. The van der Waals surface area contributed by atoms with Gasteiger partial charge in [0.25, 0.3) is 5.56 Å². The van der Waals surface area contributed by atoms with Crippen molar-refractivity contribution in [1.29, 1.82) is 0 Å². The molecule has 51 heavy (non-hydrogen) atoms. The molecule has 0 spiro atoms. The first kappa shape index (κ1) is 34.4. The van der Waals surface area contributed by atoms with Gasteiger partial charge in [-0.05, 0) is 47.9 Å². The Morgan fingerprint density at radius 2 is 1.53 bits per heavy atom. The number of anilines is 1. The maximum atomic E-state index is 16.5. The lowest BCUT2D eigenvalue weighted by Gasteiger charge is -2.37. The van der Waals surface area contributed by atoms with Crippen LogP contribution in [0.15, 0.2) is 126 Å². The highest BCUT2D eigenvalue weighted by atomic mass is 127. The fourth-order valence-corrected chi connectivity index (χ4v) is 7.61. The van der Waals surface area contributed by atoms with E-state index in [4.69, 9.17) is 19.2 Å². The Kier molecular flexibility index (Phi) is 9.14. The fourth-order valence-electron chi connectivity index (χ4n) is 6.77. The topological polar surface area (TPSA) is 120 Å². The molecule has 0 aliphatic carbocycles. The van der Waals surface area contributed by atoms with E-state index in [1.54, 1.807) is 51.3 Å². The minimum Gasteiger partial charge on any atom is -0.497 e. The summed E-state index contributed by atoms with van der Waals surface area (Å²) in [5.41, 5.74) is -0.100. The molecule has 0 radical (unpaired) electrons. The number of hydrogen-bond acceptors (Lipinski definition) is 8. The third-order valence-corrected chi connectivity index (χ3v) is 10.8. The molecule has 260 valence electrons. The molecular weight excluding hydrogens is 764 g/mol. The molecule has 0 bridgehead atoms. The number of rotatable bonds is 10. The van der Waals surface area contributed by atoms with E-state index in [1.165, 1.54) is 10.9 Å². The molecule has 1 aliphatic heterocycles. The van der Waals surface area contributed by atoms with Gasteiger partial charge in [0, 0.05) is 0 Å². The number of nitrogens with zero attached hydrogens (tertiary/aromatic N) is 3. The average molecular weight is 800 g/mol. The molecule has 4 aromatic carbocycles. The Balaban J connectivity index is 1.39. The maximum Gasteiger partial charge on any atom is 0.338 e. The van der Waals surface area contributed by atoms with Crippen LogP contribution in [0.5, 0.6) is 5.75 Å². The summed E-state index contributed by atoms with van der Waals surface area (Å²) in [5, 5.41) is 3.58. The zero-order chi connectivity index (χ0) is 35.8. The second-order valence-electron chi connectivity index (χ2n) is 12.6. The Bertz CT molecular complexity index is 2180. The highest BCUT2D eigenvalue weighted by molar-refractivity contribution is 14.1. The smallest absolute Gasteiger partial charge is 0.338 e. The van der Waals surface area contributed by atoms with Crippen molar-refractivity contribution < 1.29 is 23.4 Å². The third-order valence-electron chi connectivity index (χ3n) is 9.74. The van der Waals surface area contributed by atoms with Crippen LogP contribution in [-0.2, 0) is 15.0 Å². The molecular formula is C39H35FIN5O5. The number of imidazole rings is 1. The molecule has 12 heteroatoms. The summed E-state index contributed by atoms with van der Waals surface area (Å²) in [4.78, 5) is 39.3. The number of carbonyl (C=O) groups excluding carboxylic acids is 1. The van der Waals surface area contributed by atoms with Gasteiger partial charge in [0.1, 0.15) is 11.3 Å². The van der Waals surface area contributed by atoms with E-state index in [-0.39, 0.29) is 21.5 Å². The number of aromatic amines is 1. The number of methoxy groups -OCH3 is 1. The van der Waals surface area contributed by atoms with Crippen molar-refractivity contribution >= 4 is 45.7 Å². The number of alkyl halides is 2. The summed E-state index contributed by atoms with van der Waals surface area (Å²) in [5.74, 6) is -2.91. The molecule has 0 amide bonds. The molecule has 1 aliphatic rings. The monoisotopic (exact) mass is 799 g/mol. The summed E-state index contributed by atoms with van der Waals surface area (Å²) in [6.45, 7) is 3.28. The van der Waals surface area contributed by atoms with Crippen LogP contribution in [0.4, 0.5) is 10.3 Å². The Labute approximate surface area is 307 Å². The van der Waals surface area contributed by atoms with E-state index in [0.717, 1.165) is 16.7 Å². The predicted octanol–water partition coefficient (Wildman–Crippen LogP) is 7.41. The van der Waals surface area contributed by atoms with Crippen molar-refractivity contribution in [2.45, 2.75) is 37.1 Å². The summed E-state index contributed by atoms with van der Waals surface area (Å²) in [6.07, 6.45) is 0.147. The van der Waals surface area contributed by atoms with Crippen LogP contribution >= 0.6 is 22.6 Å². The highest BCUT2D eigenvalue weighted by Crippen LogP contribution is 2.53. The van der Waals surface area contributed by atoms with Crippen molar-refractivity contribution in [2.24, 2.45) is 5.92 Å². The zero-order valence-electron chi connectivity index (χ0n) is 28.0. The lowest BCUT2D eigenvalue weighted by atomic mass is 9.77. The number of halogens is 2. The molecule has 10 nitrogen and oxygen atoms in total. The molecule has 4 atom stereocenters. The van der Waals surface area contributed by atoms with Crippen LogP contribution in [-0.4, -0.2) is 48.5 Å². The fraction of sp³-hybridized carbons (Fsp3) is 0.231. The van der Waals surface area contributed by atoms with Crippen molar-refractivity contribution in [3.63, 3.8) is 0 Å². The number of H-pyrrole nitrogens is 1. The number of carbonyl (C=O) groups is 1. The molecule has 7 rings (SSSR count). The number of esters is 1. The molecule has 0 saturated carbocycles. The van der Waals surface area contributed by atoms with Crippen LogP contribution in [0.2, 0.25) is 0 Å². The van der Waals surface area contributed by atoms with E-state index >= 15 is 4.39 Å². The van der Waals surface area contributed by atoms with Crippen molar-refractivity contribution in [3.8, 4) is 5.75 Å². The van der Waals surface area contributed by atoms with Gasteiger partial charge in [0.2, 0.25) is 11.8 Å². The van der Waals surface area contributed by atoms with Gasteiger partial charge in [-0.15, -0.1) is 0 Å². The normalized spacial score (nSPS) is 21.7. The van der Waals surface area contributed by atoms with Gasteiger partial charge in [-0.25, -0.2) is 14.2 Å². The van der Waals surface area contributed by atoms with Crippen LogP contribution in [0.1, 0.15) is 47.1 Å². The lowest BCUT2D eigenvalue weighted by molar-refractivity contribution is -0.156. The van der Waals surface area contributed by atoms with Crippen molar-refractivity contribution in [1.82, 2.24) is 19.5 Å². The first-order valence-electron chi connectivity index (χ1n) is 16.3. The standard InChI is InChI=1S/C39H35FIN5O5/c1-25-37(2,50-34(48)26-13-7-4-8-14-26)35(51-38(25,40)23-41)46-24-42-31-32(46)43-36(44-33(31)47)45-39(27-15-9-5-10-16-27,28-17-11-6-12-18-28)29-19-21-30(49-3)22-20-29/h4-22,24-25,35H,23H2,1-3H3,(H2,43,44,45,47)/t25-,35+,37+,38+/m0/s1. The number of aromatic nitrogens is 4. The quantitative estimate of drug-likeness (QED) is 0.0637. The maximum absolute atomic E-state index is 16.5. The van der Waals surface area contributed by atoms with Crippen LogP contribution < -0.4 is 15.6 Å². The molecule has 3 heterocycles. The van der Waals surface area contributed by atoms with Crippen LogP contribution in [0.25, 0.3) is 11.2 Å². The summed E-state index contributed by atoms with van der Waals surface area (Å²) < 4.78 is 35.6. The Morgan fingerprint density at radius 1 is 0.961 bits per heavy atom. The number of fused-ring (bicyclic) bond motifs is 1. The van der Waals surface area contributed by atoms with Crippen molar-refractivity contribution in [3.05, 3.63) is 154 Å². The van der Waals surface area contributed by atoms with Gasteiger partial charge in [-0.3, -0.25) is 14.3 Å². The van der Waals surface area contributed by atoms with Crippen LogP contribution in [0, 0.1) is 5.92 Å². The molecule has 2 aromatic heterocycles. The number of ether oxygens (including phenoxy) is 3. The molecule has 1 saturated heterocycles. The first-order valence-corrected chi connectivity index (χ1v) is 17.9. The summed E-state index contributed by atoms with van der Waals surface area (Å²) >= 11 is 1.92. The summed E-state index contributed by atoms with van der Waals surface area (Å²) in [7, 11) is 1.61. The van der Waals surface area contributed by atoms with Gasteiger partial charge < -0.3 is 19.5 Å². The molecule has 1 fully saturated rings. The van der Waals surface area contributed by atoms with Gasteiger partial charge in [0.15, 0.2) is 23.0 Å². The van der Waals surface area contributed by atoms with Gasteiger partial charge in [-0.1, -0.05) is 121 Å². The van der Waals surface area contributed by atoms with Crippen molar-refractivity contribution in [2.75, 3.05) is 16.9 Å². The predicted molar refractivity (Wildman–Crippen MR) is 200 cm³/mol. The van der Waals surface area contributed by atoms with Gasteiger partial charge >= 0.3 is 5.97 Å². The second-order valence-corrected chi connectivity index (χ2v) is 13.4. The minimum atomic E-state index is -2.17. The Morgan fingerprint density at radius 3 is 2.10 bits per heavy atom. The van der Waals surface area contributed by atoms with Gasteiger partial charge in [-0.2, -0.15) is 4.98 Å². The summed E-state index contributed by atoms with van der Waals surface area (Å²) in [6, 6.07) is 35.8. The Hall–Kier alpha value is -5.08. The van der Waals surface area contributed by atoms with E-state index in [9.17, 15) is 9.59 Å². The van der Waals surface area contributed by atoms with E-state index in [2.05, 4.69) is 15.3 Å². The molecule has 0 unspecified atom stereocenters.